The molecule has 0 atom stereocenters. The monoisotopic (exact) mass is 231 g/mol. The van der Waals surface area contributed by atoms with Crippen LogP contribution in [0.3, 0.4) is 0 Å². The first kappa shape index (κ1) is 7.06. The van der Waals surface area contributed by atoms with E-state index in [0.717, 1.165) is 0 Å². The summed E-state index contributed by atoms with van der Waals surface area (Å²) in [5, 5.41) is 0. The molecule has 0 aliphatic carbocycles. The smallest absolute Gasteiger partial charge is 0.0165 e. The maximum Gasteiger partial charge on any atom is 0.0165 e. The van der Waals surface area contributed by atoms with Crippen LogP contribution in [0.15, 0.2) is 24.3 Å². The van der Waals surface area contributed by atoms with Gasteiger partial charge in [-0.1, -0.05) is 25.1 Å². The standard InChI is InChI=1S/C8H8I/c1-2-7-5-3-4-6-8(7)9/h2-6H,1H3. The van der Waals surface area contributed by atoms with Gasteiger partial charge in [0.25, 0.3) is 0 Å². The van der Waals surface area contributed by atoms with Crippen molar-refractivity contribution in [2.75, 3.05) is 0 Å². The summed E-state index contributed by atoms with van der Waals surface area (Å²) in [6.45, 7) is 2.05. The van der Waals surface area contributed by atoms with Crippen LogP contribution in [-0.2, 0) is 0 Å². The van der Waals surface area contributed by atoms with E-state index in [4.69, 9.17) is 0 Å². The highest BCUT2D eigenvalue weighted by Gasteiger charge is 1.91. The SMILES string of the molecule is C[CH]c1ccccc1I. The Morgan fingerprint density at radius 1 is 1.33 bits per heavy atom. The minimum Gasteiger partial charge on any atom is -0.0619 e. The van der Waals surface area contributed by atoms with Gasteiger partial charge in [-0.05, 0) is 40.6 Å². The van der Waals surface area contributed by atoms with Crippen molar-refractivity contribution >= 4 is 22.6 Å². The second kappa shape index (κ2) is 3.20. The van der Waals surface area contributed by atoms with E-state index in [9.17, 15) is 0 Å². The molecule has 0 spiro atoms. The zero-order chi connectivity index (χ0) is 6.69. The summed E-state index contributed by atoms with van der Waals surface area (Å²) in [5.74, 6) is 0. The third-order valence-corrected chi connectivity index (χ3v) is 2.20. The Bertz CT molecular complexity index is 194. The van der Waals surface area contributed by atoms with E-state index in [-0.39, 0.29) is 0 Å². The third kappa shape index (κ3) is 1.68. The number of benzene rings is 1. The molecule has 0 saturated heterocycles. The van der Waals surface area contributed by atoms with E-state index in [1.165, 1.54) is 9.13 Å². The van der Waals surface area contributed by atoms with E-state index in [2.05, 4.69) is 60.2 Å². The second-order valence-electron chi connectivity index (χ2n) is 1.81. The van der Waals surface area contributed by atoms with E-state index < -0.39 is 0 Å². The van der Waals surface area contributed by atoms with Crippen LogP contribution in [-0.4, -0.2) is 0 Å². The van der Waals surface area contributed by atoms with Crippen LogP contribution in [0.4, 0.5) is 0 Å². The zero-order valence-corrected chi connectivity index (χ0v) is 7.42. The molecule has 47 valence electrons. The number of hydrogen-bond donors (Lipinski definition) is 0. The lowest BCUT2D eigenvalue weighted by Gasteiger charge is -1.96. The minimum absolute atomic E-state index is 1.32. The maximum absolute atomic E-state index is 2.33. The molecule has 1 aromatic rings. The van der Waals surface area contributed by atoms with Gasteiger partial charge in [-0.3, -0.25) is 0 Å². The number of rotatable bonds is 1. The molecule has 0 unspecified atom stereocenters. The minimum atomic E-state index is 1.32. The lowest BCUT2D eigenvalue weighted by atomic mass is 10.2. The molecule has 0 N–H and O–H groups in total. The molecule has 1 radical (unpaired) electrons. The molecule has 1 heteroatoms. The van der Waals surface area contributed by atoms with Crippen molar-refractivity contribution in [1.29, 1.82) is 0 Å². The van der Waals surface area contributed by atoms with Crippen LogP contribution in [0.5, 0.6) is 0 Å². The topological polar surface area (TPSA) is 0 Å². The van der Waals surface area contributed by atoms with Crippen LogP contribution in [0.1, 0.15) is 12.5 Å². The number of hydrogen-bond acceptors (Lipinski definition) is 0. The van der Waals surface area contributed by atoms with Crippen molar-refractivity contribution in [1.82, 2.24) is 0 Å². The van der Waals surface area contributed by atoms with Gasteiger partial charge in [-0.15, -0.1) is 0 Å². The molecule has 0 aliphatic heterocycles. The van der Waals surface area contributed by atoms with Gasteiger partial charge in [0.05, 0.1) is 0 Å². The normalized spacial score (nSPS) is 9.56. The molecule has 0 bridgehead atoms. The molecule has 0 aromatic heterocycles. The fourth-order valence-electron chi connectivity index (χ4n) is 0.709. The Morgan fingerprint density at radius 3 is 2.44 bits per heavy atom. The Labute approximate surface area is 69.4 Å². The van der Waals surface area contributed by atoms with Gasteiger partial charge in [0.2, 0.25) is 0 Å². The first-order valence-electron chi connectivity index (χ1n) is 2.88. The maximum atomic E-state index is 2.33. The molecule has 0 nitrogen and oxygen atoms in total. The summed E-state index contributed by atoms with van der Waals surface area (Å²) in [4.78, 5) is 0. The summed E-state index contributed by atoms with van der Waals surface area (Å²) in [5.41, 5.74) is 1.32. The summed E-state index contributed by atoms with van der Waals surface area (Å²) in [7, 11) is 0. The van der Waals surface area contributed by atoms with Crippen molar-refractivity contribution in [3.63, 3.8) is 0 Å². The van der Waals surface area contributed by atoms with Crippen LogP contribution < -0.4 is 0 Å². The summed E-state index contributed by atoms with van der Waals surface area (Å²) >= 11 is 2.33. The van der Waals surface area contributed by atoms with E-state index >= 15 is 0 Å². The first-order valence-corrected chi connectivity index (χ1v) is 3.96. The van der Waals surface area contributed by atoms with Crippen molar-refractivity contribution in [3.8, 4) is 0 Å². The molecular formula is C8H8I. The highest BCUT2D eigenvalue weighted by atomic mass is 127. The second-order valence-corrected chi connectivity index (χ2v) is 2.97. The molecule has 0 fully saturated rings. The van der Waals surface area contributed by atoms with Gasteiger partial charge in [0, 0.05) is 3.57 Å². The van der Waals surface area contributed by atoms with E-state index in [1.807, 2.05) is 0 Å². The van der Waals surface area contributed by atoms with Crippen molar-refractivity contribution in [2.24, 2.45) is 0 Å². The van der Waals surface area contributed by atoms with Crippen LogP contribution in [0, 0.1) is 9.99 Å². The average molecular weight is 231 g/mol. The Balaban J connectivity index is 3.01. The molecule has 0 amide bonds. The fourth-order valence-corrected chi connectivity index (χ4v) is 1.41. The lowest BCUT2D eigenvalue weighted by Crippen LogP contribution is -1.80. The highest BCUT2D eigenvalue weighted by molar-refractivity contribution is 14.1. The molecule has 9 heavy (non-hydrogen) atoms. The summed E-state index contributed by atoms with van der Waals surface area (Å²) in [6.07, 6.45) is 2.11. The van der Waals surface area contributed by atoms with Gasteiger partial charge in [-0.2, -0.15) is 0 Å². The average Bonchev–Trinajstić information content (AvgIpc) is 1.89. The van der Waals surface area contributed by atoms with Crippen molar-refractivity contribution < 1.29 is 0 Å². The van der Waals surface area contributed by atoms with Crippen LogP contribution >= 0.6 is 22.6 Å². The molecule has 0 heterocycles. The van der Waals surface area contributed by atoms with Crippen molar-refractivity contribution in [3.05, 3.63) is 39.8 Å². The Kier molecular flexibility index (Phi) is 2.51. The molecule has 1 aromatic carbocycles. The molecule has 1 rings (SSSR count). The Hall–Kier alpha value is -0.0500. The third-order valence-electron chi connectivity index (χ3n) is 1.22. The molecule has 0 aliphatic rings. The van der Waals surface area contributed by atoms with E-state index in [0.29, 0.717) is 0 Å². The highest BCUT2D eigenvalue weighted by Crippen LogP contribution is 2.12. The van der Waals surface area contributed by atoms with Gasteiger partial charge < -0.3 is 0 Å². The van der Waals surface area contributed by atoms with Crippen LogP contribution in [0.25, 0.3) is 0 Å². The van der Waals surface area contributed by atoms with Crippen LogP contribution in [0.2, 0.25) is 0 Å². The van der Waals surface area contributed by atoms with Gasteiger partial charge in [-0.25, -0.2) is 0 Å². The molecular weight excluding hydrogens is 223 g/mol. The van der Waals surface area contributed by atoms with Crippen molar-refractivity contribution in [2.45, 2.75) is 6.92 Å². The molecule has 0 saturated carbocycles. The predicted molar refractivity (Wildman–Crippen MR) is 48.2 cm³/mol. The lowest BCUT2D eigenvalue weighted by molar-refractivity contribution is 1.39. The first-order chi connectivity index (χ1) is 4.34. The largest absolute Gasteiger partial charge is 0.0619 e. The predicted octanol–water partition coefficient (Wildman–Crippen LogP) is 2.86. The van der Waals surface area contributed by atoms with Gasteiger partial charge in [0.1, 0.15) is 0 Å². The zero-order valence-electron chi connectivity index (χ0n) is 5.26. The number of halogens is 1. The summed E-state index contributed by atoms with van der Waals surface area (Å²) < 4.78 is 1.32. The summed E-state index contributed by atoms with van der Waals surface area (Å²) in [6, 6.07) is 8.32. The van der Waals surface area contributed by atoms with E-state index in [1.54, 1.807) is 0 Å². The van der Waals surface area contributed by atoms with Gasteiger partial charge >= 0.3 is 0 Å². The fraction of sp³-hybridized carbons (Fsp3) is 0.125. The Morgan fingerprint density at radius 2 is 2.00 bits per heavy atom. The van der Waals surface area contributed by atoms with Gasteiger partial charge in [0.15, 0.2) is 0 Å². The quantitative estimate of drug-likeness (QED) is 0.652.